The van der Waals surface area contributed by atoms with E-state index in [9.17, 15) is 0 Å². The van der Waals surface area contributed by atoms with E-state index in [1.54, 1.807) is 12.4 Å². The zero-order chi connectivity index (χ0) is 12.2. The number of hydrogen-bond acceptors (Lipinski definition) is 2. The first-order valence-corrected chi connectivity index (χ1v) is 6.14. The topological polar surface area (TPSA) is 24.9 Å². The molecular weight excluding hydrogens is 220 g/mol. The monoisotopic (exact) mass is 240 g/mol. The van der Waals surface area contributed by atoms with Crippen LogP contribution in [-0.2, 0) is 6.42 Å². The molecule has 0 amide bonds. The molecule has 16 heavy (non-hydrogen) atoms. The second-order valence-corrected chi connectivity index (χ2v) is 5.55. The summed E-state index contributed by atoms with van der Waals surface area (Å²) in [5, 5.41) is 4.28. The number of likely N-dealkylation sites (N-methyl/N-ethyl adjacent to an activating group) is 1. The molecule has 0 aliphatic carbocycles. The Morgan fingerprint density at radius 2 is 2.12 bits per heavy atom. The summed E-state index contributed by atoms with van der Waals surface area (Å²) in [6, 6.07) is 2.43. The number of nitrogens with one attached hydrogen (secondary N) is 1. The summed E-state index contributed by atoms with van der Waals surface area (Å²) in [7, 11) is 0. The van der Waals surface area contributed by atoms with E-state index in [0.29, 0.717) is 6.04 Å². The highest BCUT2D eigenvalue weighted by atomic mass is 35.5. The van der Waals surface area contributed by atoms with Gasteiger partial charge in [0.05, 0.1) is 5.02 Å². The first-order valence-electron chi connectivity index (χ1n) is 5.77. The lowest BCUT2D eigenvalue weighted by molar-refractivity contribution is 0.270. The van der Waals surface area contributed by atoms with Crippen LogP contribution in [0.2, 0.25) is 5.02 Å². The van der Waals surface area contributed by atoms with Crippen LogP contribution in [0.5, 0.6) is 0 Å². The SMILES string of the molecule is CCNC(Cc1ccncc1Cl)C(C)(C)C. The highest BCUT2D eigenvalue weighted by Crippen LogP contribution is 2.25. The molecular formula is C13H21ClN2. The zero-order valence-corrected chi connectivity index (χ0v) is 11.3. The molecule has 90 valence electrons. The third kappa shape index (κ3) is 3.76. The molecule has 0 aliphatic rings. The van der Waals surface area contributed by atoms with Crippen molar-refractivity contribution in [1.29, 1.82) is 0 Å². The fourth-order valence-corrected chi connectivity index (χ4v) is 1.92. The molecule has 3 heteroatoms. The molecule has 1 unspecified atom stereocenters. The first kappa shape index (κ1) is 13.5. The number of aromatic nitrogens is 1. The molecule has 0 radical (unpaired) electrons. The first-order chi connectivity index (χ1) is 7.45. The Labute approximate surface area is 103 Å². The summed E-state index contributed by atoms with van der Waals surface area (Å²) >= 11 is 6.13. The minimum atomic E-state index is 0.225. The van der Waals surface area contributed by atoms with Gasteiger partial charge in [-0.25, -0.2) is 0 Å². The molecule has 0 saturated carbocycles. The van der Waals surface area contributed by atoms with E-state index in [2.05, 4.69) is 38.0 Å². The maximum Gasteiger partial charge on any atom is 0.0621 e. The van der Waals surface area contributed by atoms with Crippen molar-refractivity contribution in [3.8, 4) is 0 Å². The molecule has 1 atom stereocenters. The molecule has 0 bridgehead atoms. The fraction of sp³-hybridized carbons (Fsp3) is 0.615. The largest absolute Gasteiger partial charge is 0.313 e. The van der Waals surface area contributed by atoms with Gasteiger partial charge in [0.2, 0.25) is 0 Å². The highest BCUT2D eigenvalue weighted by molar-refractivity contribution is 6.31. The number of nitrogens with zero attached hydrogens (tertiary/aromatic N) is 1. The van der Waals surface area contributed by atoms with Crippen LogP contribution < -0.4 is 5.32 Å². The molecule has 2 nitrogen and oxygen atoms in total. The fourth-order valence-electron chi connectivity index (χ4n) is 1.72. The van der Waals surface area contributed by atoms with Crippen LogP contribution in [-0.4, -0.2) is 17.6 Å². The Morgan fingerprint density at radius 3 is 2.62 bits per heavy atom. The van der Waals surface area contributed by atoms with Gasteiger partial charge in [0.1, 0.15) is 0 Å². The number of hydrogen-bond donors (Lipinski definition) is 1. The van der Waals surface area contributed by atoms with E-state index >= 15 is 0 Å². The van der Waals surface area contributed by atoms with Gasteiger partial charge in [-0.2, -0.15) is 0 Å². The van der Waals surface area contributed by atoms with Crippen molar-refractivity contribution in [2.45, 2.75) is 40.2 Å². The van der Waals surface area contributed by atoms with Crippen LogP contribution in [0.1, 0.15) is 33.3 Å². The van der Waals surface area contributed by atoms with Crippen molar-refractivity contribution in [1.82, 2.24) is 10.3 Å². The van der Waals surface area contributed by atoms with Crippen LogP contribution in [0, 0.1) is 5.41 Å². The van der Waals surface area contributed by atoms with E-state index in [1.807, 2.05) is 6.07 Å². The molecule has 0 fully saturated rings. The number of halogens is 1. The highest BCUT2D eigenvalue weighted by Gasteiger charge is 2.24. The van der Waals surface area contributed by atoms with E-state index in [1.165, 1.54) is 0 Å². The van der Waals surface area contributed by atoms with Crippen molar-refractivity contribution in [3.05, 3.63) is 29.0 Å². The number of pyridine rings is 1. The van der Waals surface area contributed by atoms with Crippen molar-refractivity contribution >= 4 is 11.6 Å². The van der Waals surface area contributed by atoms with Crippen LogP contribution >= 0.6 is 11.6 Å². The van der Waals surface area contributed by atoms with Crippen molar-refractivity contribution in [2.24, 2.45) is 5.41 Å². The Bertz CT molecular complexity index is 331. The van der Waals surface area contributed by atoms with Gasteiger partial charge in [0, 0.05) is 18.4 Å². The van der Waals surface area contributed by atoms with E-state index in [-0.39, 0.29) is 5.41 Å². The van der Waals surface area contributed by atoms with Crippen LogP contribution in [0.4, 0.5) is 0 Å². The van der Waals surface area contributed by atoms with Crippen LogP contribution in [0.25, 0.3) is 0 Å². The summed E-state index contributed by atoms with van der Waals surface area (Å²) in [5.41, 5.74) is 1.39. The third-order valence-corrected chi connectivity index (χ3v) is 3.12. The predicted molar refractivity (Wildman–Crippen MR) is 69.9 cm³/mol. The van der Waals surface area contributed by atoms with Crippen LogP contribution in [0.3, 0.4) is 0 Å². The third-order valence-electron chi connectivity index (χ3n) is 2.78. The van der Waals surface area contributed by atoms with Crippen molar-refractivity contribution < 1.29 is 0 Å². The van der Waals surface area contributed by atoms with Crippen LogP contribution in [0.15, 0.2) is 18.5 Å². The average Bonchev–Trinajstić information content (AvgIpc) is 2.19. The standard InChI is InChI=1S/C13H21ClN2/c1-5-16-12(13(2,3)4)8-10-6-7-15-9-11(10)14/h6-7,9,12,16H,5,8H2,1-4H3. The lowest BCUT2D eigenvalue weighted by atomic mass is 9.83. The molecule has 0 spiro atoms. The van der Waals surface area contributed by atoms with Crippen molar-refractivity contribution in [3.63, 3.8) is 0 Å². The predicted octanol–water partition coefficient (Wildman–Crippen LogP) is 3.30. The lowest BCUT2D eigenvalue weighted by Crippen LogP contribution is -2.41. The summed E-state index contributed by atoms with van der Waals surface area (Å²) in [6.07, 6.45) is 4.45. The van der Waals surface area contributed by atoms with E-state index < -0.39 is 0 Å². The van der Waals surface area contributed by atoms with Gasteiger partial charge in [0.25, 0.3) is 0 Å². The summed E-state index contributed by atoms with van der Waals surface area (Å²) < 4.78 is 0. The maximum absolute atomic E-state index is 6.13. The molecule has 1 heterocycles. The Hall–Kier alpha value is -0.600. The minimum Gasteiger partial charge on any atom is -0.313 e. The summed E-state index contributed by atoms with van der Waals surface area (Å²) in [5.74, 6) is 0. The minimum absolute atomic E-state index is 0.225. The molecule has 0 aliphatic heterocycles. The lowest BCUT2D eigenvalue weighted by Gasteiger charge is -2.31. The van der Waals surface area contributed by atoms with Gasteiger partial charge >= 0.3 is 0 Å². The molecule has 0 saturated heterocycles. The van der Waals surface area contributed by atoms with Gasteiger partial charge < -0.3 is 5.32 Å². The number of rotatable bonds is 4. The van der Waals surface area contributed by atoms with Gasteiger partial charge in [-0.15, -0.1) is 0 Å². The van der Waals surface area contributed by atoms with Crippen molar-refractivity contribution in [2.75, 3.05) is 6.54 Å². The second-order valence-electron chi connectivity index (χ2n) is 5.15. The maximum atomic E-state index is 6.13. The second kappa shape index (κ2) is 5.65. The molecule has 1 aromatic heterocycles. The molecule has 1 N–H and O–H groups in total. The average molecular weight is 241 g/mol. The molecule has 1 rings (SSSR count). The van der Waals surface area contributed by atoms with E-state index in [4.69, 9.17) is 11.6 Å². The van der Waals surface area contributed by atoms with E-state index in [0.717, 1.165) is 23.6 Å². The van der Waals surface area contributed by atoms with Gasteiger partial charge in [-0.3, -0.25) is 4.98 Å². The Kier molecular flexibility index (Phi) is 4.75. The Balaban J connectivity index is 2.80. The van der Waals surface area contributed by atoms with Gasteiger partial charge in [0.15, 0.2) is 0 Å². The quantitative estimate of drug-likeness (QED) is 0.874. The van der Waals surface area contributed by atoms with Gasteiger partial charge in [-0.05, 0) is 30.0 Å². The summed E-state index contributed by atoms with van der Waals surface area (Å²) in [4.78, 5) is 4.01. The molecule has 0 aromatic carbocycles. The smallest absolute Gasteiger partial charge is 0.0621 e. The summed E-state index contributed by atoms with van der Waals surface area (Å²) in [6.45, 7) is 9.85. The Morgan fingerprint density at radius 1 is 1.44 bits per heavy atom. The molecule has 1 aromatic rings. The van der Waals surface area contributed by atoms with Gasteiger partial charge in [-0.1, -0.05) is 39.3 Å². The zero-order valence-electron chi connectivity index (χ0n) is 10.5. The normalized spacial score (nSPS) is 13.8.